The molecule has 0 bridgehead atoms. The highest BCUT2D eigenvalue weighted by Crippen LogP contribution is 2.13. The van der Waals surface area contributed by atoms with Crippen LogP contribution in [0.25, 0.3) is 0 Å². The van der Waals surface area contributed by atoms with Gasteiger partial charge in [-0.3, -0.25) is 0 Å². The summed E-state index contributed by atoms with van der Waals surface area (Å²) in [5.41, 5.74) is 2.78. The van der Waals surface area contributed by atoms with Gasteiger partial charge in [-0.15, -0.1) is 0 Å². The van der Waals surface area contributed by atoms with E-state index in [0.29, 0.717) is 0 Å². The Bertz CT molecular complexity index is 191. The molecule has 68 valence electrons. The zero-order chi connectivity index (χ0) is 8.97. The van der Waals surface area contributed by atoms with E-state index in [4.69, 9.17) is 0 Å². The summed E-state index contributed by atoms with van der Waals surface area (Å²) in [6.45, 7) is 8.96. The summed E-state index contributed by atoms with van der Waals surface area (Å²) in [4.78, 5) is 2.46. The van der Waals surface area contributed by atoms with Crippen LogP contribution in [0.15, 0.2) is 23.4 Å². The third-order valence-electron chi connectivity index (χ3n) is 2.26. The molecule has 0 saturated carbocycles. The van der Waals surface area contributed by atoms with Gasteiger partial charge in [0, 0.05) is 18.8 Å². The molecule has 0 aliphatic carbocycles. The molecule has 1 aliphatic rings. The summed E-state index contributed by atoms with van der Waals surface area (Å²) in [5.74, 6) is 0. The van der Waals surface area contributed by atoms with Gasteiger partial charge in [-0.05, 0) is 39.7 Å². The summed E-state index contributed by atoms with van der Waals surface area (Å²) in [5, 5.41) is 0. The largest absolute Gasteiger partial charge is 0.375 e. The molecule has 1 aliphatic heterocycles. The summed E-state index contributed by atoms with van der Waals surface area (Å²) in [6.07, 6.45) is 7.13. The Morgan fingerprint density at radius 3 is 2.08 bits per heavy atom. The molecule has 1 heterocycles. The number of likely N-dealkylation sites (tertiary alicyclic amines) is 1. The standard InChI is InChI=1S/C11H19N/c1-10(2)6-7-11(3)12-8-4-5-9-12/h6-7H,4-5,8-9H2,1-3H3/b11-7+. The van der Waals surface area contributed by atoms with Gasteiger partial charge in [-0.1, -0.05) is 11.6 Å². The summed E-state index contributed by atoms with van der Waals surface area (Å²) < 4.78 is 0. The van der Waals surface area contributed by atoms with Crippen LogP contribution in [0.4, 0.5) is 0 Å². The number of hydrogen-bond donors (Lipinski definition) is 0. The molecule has 1 nitrogen and oxygen atoms in total. The van der Waals surface area contributed by atoms with Gasteiger partial charge in [0.1, 0.15) is 0 Å². The van der Waals surface area contributed by atoms with E-state index in [1.807, 2.05) is 0 Å². The fourth-order valence-corrected chi connectivity index (χ4v) is 1.46. The molecule has 12 heavy (non-hydrogen) atoms. The summed E-state index contributed by atoms with van der Waals surface area (Å²) in [6, 6.07) is 0. The Morgan fingerprint density at radius 1 is 1.00 bits per heavy atom. The van der Waals surface area contributed by atoms with Crippen molar-refractivity contribution >= 4 is 0 Å². The molecule has 0 spiro atoms. The van der Waals surface area contributed by atoms with E-state index in [9.17, 15) is 0 Å². The maximum absolute atomic E-state index is 2.46. The second kappa shape index (κ2) is 4.34. The van der Waals surface area contributed by atoms with Gasteiger partial charge in [0.25, 0.3) is 0 Å². The zero-order valence-electron chi connectivity index (χ0n) is 8.43. The quantitative estimate of drug-likeness (QED) is 0.569. The average Bonchev–Trinajstić information content (AvgIpc) is 2.51. The lowest BCUT2D eigenvalue weighted by Crippen LogP contribution is -2.16. The predicted octanol–water partition coefficient (Wildman–Crippen LogP) is 2.95. The van der Waals surface area contributed by atoms with Crippen LogP contribution in [-0.4, -0.2) is 18.0 Å². The van der Waals surface area contributed by atoms with Gasteiger partial charge in [-0.2, -0.15) is 0 Å². The topological polar surface area (TPSA) is 3.24 Å². The molecule has 0 amide bonds. The third-order valence-corrected chi connectivity index (χ3v) is 2.26. The molecule has 0 unspecified atom stereocenters. The van der Waals surface area contributed by atoms with Crippen LogP contribution in [0.2, 0.25) is 0 Å². The molecule has 0 aromatic rings. The first-order valence-electron chi connectivity index (χ1n) is 4.77. The van der Waals surface area contributed by atoms with Crippen LogP contribution in [0.1, 0.15) is 33.6 Å². The molecule has 0 aromatic heterocycles. The third kappa shape index (κ3) is 2.72. The first kappa shape index (κ1) is 9.37. The number of rotatable bonds is 2. The van der Waals surface area contributed by atoms with Crippen molar-refractivity contribution < 1.29 is 0 Å². The maximum atomic E-state index is 2.46. The predicted molar refractivity (Wildman–Crippen MR) is 54.0 cm³/mol. The van der Waals surface area contributed by atoms with Gasteiger partial charge < -0.3 is 4.90 Å². The summed E-state index contributed by atoms with van der Waals surface area (Å²) >= 11 is 0. The molecular formula is C11H19N. The molecule has 0 radical (unpaired) electrons. The van der Waals surface area contributed by atoms with Crippen LogP contribution >= 0.6 is 0 Å². The first-order valence-corrected chi connectivity index (χ1v) is 4.77. The van der Waals surface area contributed by atoms with E-state index < -0.39 is 0 Å². The van der Waals surface area contributed by atoms with E-state index in [0.717, 1.165) is 0 Å². The van der Waals surface area contributed by atoms with E-state index in [1.165, 1.54) is 37.2 Å². The van der Waals surface area contributed by atoms with Crippen molar-refractivity contribution in [2.75, 3.05) is 13.1 Å². The highest BCUT2D eigenvalue weighted by molar-refractivity contribution is 5.14. The highest BCUT2D eigenvalue weighted by atomic mass is 15.1. The van der Waals surface area contributed by atoms with E-state index in [2.05, 4.69) is 37.8 Å². The maximum Gasteiger partial charge on any atom is 0.0175 e. The minimum absolute atomic E-state index is 1.25. The van der Waals surface area contributed by atoms with Crippen LogP contribution in [0, 0.1) is 0 Å². The van der Waals surface area contributed by atoms with Crippen LogP contribution in [0.5, 0.6) is 0 Å². The number of nitrogens with zero attached hydrogens (tertiary/aromatic N) is 1. The van der Waals surface area contributed by atoms with Crippen LogP contribution in [-0.2, 0) is 0 Å². The zero-order valence-corrected chi connectivity index (χ0v) is 8.43. The van der Waals surface area contributed by atoms with Crippen LogP contribution < -0.4 is 0 Å². The first-order chi connectivity index (χ1) is 5.70. The fourth-order valence-electron chi connectivity index (χ4n) is 1.46. The van der Waals surface area contributed by atoms with Crippen molar-refractivity contribution in [1.29, 1.82) is 0 Å². The van der Waals surface area contributed by atoms with Gasteiger partial charge in [0.05, 0.1) is 0 Å². The Labute approximate surface area is 75.8 Å². The Kier molecular flexibility index (Phi) is 3.39. The van der Waals surface area contributed by atoms with Gasteiger partial charge in [0.15, 0.2) is 0 Å². The number of allylic oxidation sites excluding steroid dienone is 4. The summed E-state index contributed by atoms with van der Waals surface area (Å²) in [7, 11) is 0. The van der Waals surface area contributed by atoms with Crippen molar-refractivity contribution in [1.82, 2.24) is 4.90 Å². The van der Waals surface area contributed by atoms with Gasteiger partial charge >= 0.3 is 0 Å². The average molecular weight is 165 g/mol. The fraction of sp³-hybridized carbons (Fsp3) is 0.636. The van der Waals surface area contributed by atoms with E-state index >= 15 is 0 Å². The molecule has 1 fully saturated rings. The molecule has 0 atom stereocenters. The van der Waals surface area contributed by atoms with Crippen molar-refractivity contribution in [2.24, 2.45) is 0 Å². The van der Waals surface area contributed by atoms with Crippen LogP contribution in [0.3, 0.4) is 0 Å². The monoisotopic (exact) mass is 165 g/mol. The van der Waals surface area contributed by atoms with E-state index in [1.54, 1.807) is 0 Å². The minimum atomic E-state index is 1.25. The lowest BCUT2D eigenvalue weighted by atomic mass is 10.3. The lowest BCUT2D eigenvalue weighted by molar-refractivity contribution is 0.428. The molecule has 1 heteroatoms. The second-order valence-electron chi connectivity index (χ2n) is 3.75. The van der Waals surface area contributed by atoms with Gasteiger partial charge in [-0.25, -0.2) is 0 Å². The van der Waals surface area contributed by atoms with Crippen molar-refractivity contribution in [2.45, 2.75) is 33.6 Å². The Morgan fingerprint density at radius 2 is 1.58 bits per heavy atom. The second-order valence-corrected chi connectivity index (χ2v) is 3.75. The lowest BCUT2D eigenvalue weighted by Gasteiger charge is -2.17. The van der Waals surface area contributed by atoms with Crippen molar-refractivity contribution in [3.05, 3.63) is 23.4 Å². The Balaban J connectivity index is 2.50. The molecular weight excluding hydrogens is 146 g/mol. The highest BCUT2D eigenvalue weighted by Gasteiger charge is 2.10. The molecule has 0 aromatic carbocycles. The molecule has 1 saturated heterocycles. The van der Waals surface area contributed by atoms with E-state index in [-0.39, 0.29) is 0 Å². The smallest absolute Gasteiger partial charge is 0.0175 e. The normalized spacial score (nSPS) is 18.2. The number of hydrogen-bond acceptors (Lipinski definition) is 1. The molecule has 1 rings (SSSR count). The molecule has 0 N–H and O–H groups in total. The Hall–Kier alpha value is -0.720. The SMILES string of the molecule is CC(C)=C/C=C(\C)N1CCCC1. The van der Waals surface area contributed by atoms with Crippen molar-refractivity contribution in [3.8, 4) is 0 Å². The van der Waals surface area contributed by atoms with Gasteiger partial charge in [0.2, 0.25) is 0 Å². The minimum Gasteiger partial charge on any atom is -0.375 e. The van der Waals surface area contributed by atoms with Crippen molar-refractivity contribution in [3.63, 3.8) is 0 Å².